The van der Waals surface area contributed by atoms with Crippen LogP contribution in [0.3, 0.4) is 0 Å². The van der Waals surface area contributed by atoms with Crippen LogP contribution in [0, 0.1) is 18.8 Å². The van der Waals surface area contributed by atoms with Gasteiger partial charge in [-0.15, -0.1) is 0 Å². The van der Waals surface area contributed by atoms with Crippen LogP contribution in [-0.4, -0.2) is 36.9 Å². The summed E-state index contributed by atoms with van der Waals surface area (Å²) in [7, 11) is 0. The van der Waals surface area contributed by atoms with E-state index < -0.39 is 0 Å². The van der Waals surface area contributed by atoms with Gasteiger partial charge in [-0.05, 0) is 37.5 Å². The Kier molecular flexibility index (Phi) is 5.79. The molecule has 4 heteroatoms. The second-order valence-corrected chi connectivity index (χ2v) is 5.15. The van der Waals surface area contributed by atoms with E-state index in [4.69, 9.17) is 9.84 Å². The van der Waals surface area contributed by atoms with E-state index in [1.807, 2.05) is 13.0 Å². The number of aliphatic hydroxyl groups is 1. The molecule has 1 fully saturated rings. The number of nitrogens with one attached hydrogen (secondary N) is 1. The molecule has 1 heterocycles. The molecule has 0 spiro atoms. The number of carbonyl (C=O) groups excluding carboxylic acids is 1. The van der Waals surface area contributed by atoms with Crippen LogP contribution >= 0.6 is 0 Å². The summed E-state index contributed by atoms with van der Waals surface area (Å²) >= 11 is 0. The lowest BCUT2D eigenvalue weighted by Crippen LogP contribution is -2.31. The van der Waals surface area contributed by atoms with Crippen LogP contribution in [0.15, 0.2) is 18.2 Å². The zero-order valence-corrected chi connectivity index (χ0v) is 12.3. The molecule has 1 atom stereocenters. The number of benzene rings is 1. The maximum absolute atomic E-state index is 12.1. The smallest absolute Gasteiger partial charge is 0.251 e. The third kappa shape index (κ3) is 4.59. The standard InChI is InChI=1S/C17H21NO3/c1-13-7-8-15(11-14(13)5-2-3-9-19)17(20)18-12-16-6-4-10-21-16/h7-8,11,16,19H,3-4,6,9-10,12H2,1H3,(H,18,20). The normalized spacial score (nSPS) is 17.1. The molecule has 4 nitrogen and oxygen atoms in total. The Balaban J connectivity index is 2.00. The molecule has 112 valence electrons. The fourth-order valence-corrected chi connectivity index (χ4v) is 2.23. The molecule has 1 unspecified atom stereocenters. The maximum Gasteiger partial charge on any atom is 0.251 e. The van der Waals surface area contributed by atoms with Crippen molar-refractivity contribution < 1.29 is 14.6 Å². The van der Waals surface area contributed by atoms with Crippen LogP contribution in [0.25, 0.3) is 0 Å². The largest absolute Gasteiger partial charge is 0.395 e. The molecule has 1 aliphatic heterocycles. The zero-order chi connectivity index (χ0) is 15.1. The summed E-state index contributed by atoms with van der Waals surface area (Å²) < 4.78 is 5.49. The average Bonchev–Trinajstić information content (AvgIpc) is 3.00. The summed E-state index contributed by atoms with van der Waals surface area (Å²) in [6, 6.07) is 5.49. The minimum Gasteiger partial charge on any atom is -0.395 e. The van der Waals surface area contributed by atoms with Gasteiger partial charge in [-0.3, -0.25) is 4.79 Å². The topological polar surface area (TPSA) is 58.6 Å². The number of aliphatic hydroxyl groups excluding tert-OH is 1. The Hall–Kier alpha value is -1.83. The highest BCUT2D eigenvalue weighted by molar-refractivity contribution is 5.94. The van der Waals surface area contributed by atoms with Gasteiger partial charge in [-0.2, -0.15) is 0 Å². The van der Waals surface area contributed by atoms with Crippen molar-refractivity contribution in [2.75, 3.05) is 19.8 Å². The Labute approximate surface area is 125 Å². The molecule has 1 amide bonds. The summed E-state index contributed by atoms with van der Waals surface area (Å²) in [5.74, 6) is 5.77. The van der Waals surface area contributed by atoms with Gasteiger partial charge in [0.25, 0.3) is 5.91 Å². The highest BCUT2D eigenvalue weighted by Crippen LogP contribution is 2.12. The van der Waals surface area contributed by atoms with Crippen molar-refractivity contribution in [2.45, 2.75) is 32.3 Å². The summed E-state index contributed by atoms with van der Waals surface area (Å²) in [6.45, 7) is 3.35. The van der Waals surface area contributed by atoms with Crippen molar-refractivity contribution in [2.24, 2.45) is 0 Å². The van der Waals surface area contributed by atoms with Gasteiger partial charge in [0.05, 0.1) is 12.7 Å². The summed E-state index contributed by atoms with van der Waals surface area (Å²) in [5, 5.41) is 11.7. The van der Waals surface area contributed by atoms with E-state index in [2.05, 4.69) is 17.2 Å². The Morgan fingerprint density at radius 2 is 2.38 bits per heavy atom. The Bertz CT molecular complexity index is 551. The van der Waals surface area contributed by atoms with Gasteiger partial charge in [0.1, 0.15) is 0 Å². The first-order chi connectivity index (χ1) is 10.2. The fourth-order valence-electron chi connectivity index (χ4n) is 2.23. The lowest BCUT2D eigenvalue weighted by atomic mass is 10.0. The van der Waals surface area contributed by atoms with Gasteiger partial charge in [0.15, 0.2) is 0 Å². The van der Waals surface area contributed by atoms with Crippen LogP contribution in [0.5, 0.6) is 0 Å². The molecular formula is C17H21NO3. The van der Waals surface area contributed by atoms with Gasteiger partial charge >= 0.3 is 0 Å². The first-order valence-electron chi connectivity index (χ1n) is 7.31. The van der Waals surface area contributed by atoms with Crippen LogP contribution in [0.2, 0.25) is 0 Å². The van der Waals surface area contributed by atoms with E-state index in [1.54, 1.807) is 12.1 Å². The minimum absolute atomic E-state index is 0.0492. The van der Waals surface area contributed by atoms with E-state index >= 15 is 0 Å². The average molecular weight is 287 g/mol. The van der Waals surface area contributed by atoms with E-state index in [-0.39, 0.29) is 18.6 Å². The third-order valence-electron chi connectivity index (χ3n) is 3.47. The van der Waals surface area contributed by atoms with Crippen LogP contribution < -0.4 is 5.32 Å². The quantitative estimate of drug-likeness (QED) is 0.828. The summed E-state index contributed by atoms with van der Waals surface area (Å²) in [6.07, 6.45) is 2.65. The van der Waals surface area contributed by atoms with Gasteiger partial charge in [0, 0.05) is 30.7 Å². The van der Waals surface area contributed by atoms with Crippen LogP contribution in [-0.2, 0) is 4.74 Å². The molecule has 21 heavy (non-hydrogen) atoms. The van der Waals surface area contributed by atoms with Crippen LogP contribution in [0.4, 0.5) is 0 Å². The number of rotatable bonds is 4. The predicted octanol–water partition coefficient (Wildman–Crippen LogP) is 1.64. The van der Waals surface area contributed by atoms with Crippen molar-refractivity contribution in [3.8, 4) is 11.8 Å². The lowest BCUT2D eigenvalue weighted by Gasteiger charge is -2.11. The molecule has 0 saturated carbocycles. The molecule has 0 radical (unpaired) electrons. The molecule has 0 aromatic heterocycles. The molecule has 1 aliphatic rings. The SMILES string of the molecule is Cc1ccc(C(=O)NCC2CCCO2)cc1C#CCCO. The van der Waals surface area contributed by atoms with E-state index in [0.29, 0.717) is 18.5 Å². The molecule has 0 bridgehead atoms. The van der Waals surface area contributed by atoms with Crippen molar-refractivity contribution >= 4 is 5.91 Å². The molecule has 2 N–H and O–H groups in total. The van der Waals surface area contributed by atoms with Gasteiger partial charge < -0.3 is 15.2 Å². The van der Waals surface area contributed by atoms with E-state index in [0.717, 1.165) is 30.6 Å². The molecule has 1 aromatic carbocycles. The molecule has 1 saturated heterocycles. The molecule has 2 rings (SSSR count). The molecule has 0 aliphatic carbocycles. The van der Waals surface area contributed by atoms with Crippen molar-refractivity contribution in [1.29, 1.82) is 0 Å². The Morgan fingerprint density at radius 3 is 3.10 bits per heavy atom. The fraction of sp³-hybridized carbons (Fsp3) is 0.471. The lowest BCUT2D eigenvalue weighted by molar-refractivity contribution is 0.0858. The first kappa shape index (κ1) is 15.6. The highest BCUT2D eigenvalue weighted by Gasteiger charge is 2.16. The van der Waals surface area contributed by atoms with Crippen molar-refractivity contribution in [3.05, 3.63) is 34.9 Å². The summed E-state index contributed by atoms with van der Waals surface area (Å²) in [5.41, 5.74) is 2.45. The van der Waals surface area contributed by atoms with Gasteiger partial charge in [0.2, 0.25) is 0 Å². The highest BCUT2D eigenvalue weighted by atomic mass is 16.5. The van der Waals surface area contributed by atoms with Crippen molar-refractivity contribution in [3.63, 3.8) is 0 Å². The minimum atomic E-state index is -0.101. The Morgan fingerprint density at radius 1 is 1.52 bits per heavy atom. The third-order valence-corrected chi connectivity index (χ3v) is 3.47. The van der Waals surface area contributed by atoms with Crippen molar-refractivity contribution in [1.82, 2.24) is 5.32 Å². The monoisotopic (exact) mass is 287 g/mol. The zero-order valence-electron chi connectivity index (χ0n) is 12.3. The first-order valence-corrected chi connectivity index (χ1v) is 7.31. The van der Waals surface area contributed by atoms with E-state index in [9.17, 15) is 4.79 Å². The number of hydrogen-bond acceptors (Lipinski definition) is 3. The van der Waals surface area contributed by atoms with Gasteiger partial charge in [-0.25, -0.2) is 0 Å². The molecule has 1 aromatic rings. The number of hydrogen-bond donors (Lipinski definition) is 2. The van der Waals surface area contributed by atoms with Crippen LogP contribution in [0.1, 0.15) is 40.7 Å². The second-order valence-electron chi connectivity index (χ2n) is 5.15. The summed E-state index contributed by atoms with van der Waals surface area (Å²) in [4.78, 5) is 12.1. The second kappa shape index (κ2) is 7.82. The van der Waals surface area contributed by atoms with Gasteiger partial charge in [-0.1, -0.05) is 17.9 Å². The maximum atomic E-state index is 12.1. The predicted molar refractivity (Wildman–Crippen MR) is 81.1 cm³/mol. The number of amides is 1. The van der Waals surface area contributed by atoms with E-state index in [1.165, 1.54) is 0 Å². The number of aryl methyl sites for hydroxylation is 1. The number of ether oxygens (including phenoxy) is 1. The molecular weight excluding hydrogens is 266 g/mol. The number of carbonyl (C=O) groups is 1.